The van der Waals surface area contributed by atoms with Crippen molar-refractivity contribution in [3.8, 4) is 0 Å². The van der Waals surface area contributed by atoms with Crippen molar-refractivity contribution < 1.29 is 9.59 Å². The lowest BCUT2D eigenvalue weighted by atomic mass is 10.0. The van der Waals surface area contributed by atoms with Gasteiger partial charge in [-0.15, -0.1) is 0 Å². The van der Waals surface area contributed by atoms with E-state index in [1.54, 1.807) is 30.5 Å². The van der Waals surface area contributed by atoms with E-state index >= 15 is 0 Å². The average molecular weight is 417 g/mol. The molecular weight excluding hydrogens is 396 g/mol. The zero-order chi connectivity index (χ0) is 20.9. The van der Waals surface area contributed by atoms with E-state index in [1.807, 2.05) is 59.2 Å². The molecule has 0 bridgehead atoms. The summed E-state index contributed by atoms with van der Waals surface area (Å²) in [5, 5.41) is 4.37. The van der Waals surface area contributed by atoms with E-state index < -0.39 is 0 Å². The summed E-state index contributed by atoms with van der Waals surface area (Å²) in [6.45, 7) is 0.724. The van der Waals surface area contributed by atoms with Gasteiger partial charge in [-0.05, 0) is 42.3 Å². The minimum atomic E-state index is -0.0916. The third-order valence-electron chi connectivity index (χ3n) is 5.03. The van der Waals surface area contributed by atoms with Gasteiger partial charge in [0.05, 0.1) is 0 Å². The predicted octanol–water partition coefficient (Wildman–Crippen LogP) is 4.88. The Hall–Kier alpha value is -3.37. The van der Waals surface area contributed by atoms with Crippen molar-refractivity contribution in [3.63, 3.8) is 0 Å². The number of carbonyl (C=O) groups is 2. The Morgan fingerprint density at radius 2 is 1.57 bits per heavy atom. The number of hydrogen-bond donors (Lipinski definition) is 1. The number of fused-ring (bicyclic) bond motifs is 1. The molecule has 1 aromatic heterocycles. The van der Waals surface area contributed by atoms with Gasteiger partial charge in [-0.2, -0.15) is 0 Å². The fourth-order valence-corrected chi connectivity index (χ4v) is 3.64. The molecule has 0 atom stereocenters. The second-order valence-corrected chi connectivity index (χ2v) is 7.55. The van der Waals surface area contributed by atoms with Crippen LogP contribution in [0.3, 0.4) is 0 Å². The summed E-state index contributed by atoms with van der Waals surface area (Å²) < 4.78 is 1.83. The molecule has 4 nitrogen and oxygen atoms in total. The molecule has 0 fully saturated rings. The van der Waals surface area contributed by atoms with Crippen molar-refractivity contribution in [1.82, 2.24) is 9.88 Å². The van der Waals surface area contributed by atoms with Gasteiger partial charge in [0.15, 0.2) is 5.78 Å². The molecule has 150 valence electrons. The number of ketones is 1. The van der Waals surface area contributed by atoms with E-state index in [-0.39, 0.29) is 18.2 Å². The van der Waals surface area contributed by atoms with Gasteiger partial charge in [0, 0.05) is 39.8 Å². The lowest BCUT2D eigenvalue weighted by Gasteiger charge is -2.07. The lowest BCUT2D eigenvalue weighted by molar-refractivity contribution is -0.121. The summed E-state index contributed by atoms with van der Waals surface area (Å²) >= 11 is 5.94. The highest BCUT2D eigenvalue weighted by Gasteiger charge is 2.17. The summed E-state index contributed by atoms with van der Waals surface area (Å²) in [6.07, 6.45) is 2.54. The highest BCUT2D eigenvalue weighted by atomic mass is 35.5. The zero-order valence-electron chi connectivity index (χ0n) is 16.3. The fourth-order valence-electron chi connectivity index (χ4n) is 3.52. The monoisotopic (exact) mass is 416 g/mol. The molecular formula is C25H21ClN2O2. The molecule has 4 aromatic rings. The Morgan fingerprint density at radius 3 is 2.33 bits per heavy atom. The second-order valence-electron chi connectivity index (χ2n) is 7.11. The number of para-hydroxylation sites is 1. The summed E-state index contributed by atoms with van der Waals surface area (Å²) in [5.41, 5.74) is 3.17. The maximum absolute atomic E-state index is 13.0. The smallest absolute Gasteiger partial charge is 0.239 e. The molecule has 0 radical (unpaired) electrons. The van der Waals surface area contributed by atoms with Crippen LogP contribution in [0.25, 0.3) is 10.9 Å². The Labute approximate surface area is 180 Å². The van der Waals surface area contributed by atoms with E-state index in [9.17, 15) is 9.59 Å². The van der Waals surface area contributed by atoms with Crippen LogP contribution in [0.5, 0.6) is 0 Å². The quantitative estimate of drug-likeness (QED) is 0.436. The van der Waals surface area contributed by atoms with Gasteiger partial charge in [0.2, 0.25) is 5.91 Å². The summed E-state index contributed by atoms with van der Waals surface area (Å²) in [6, 6.07) is 24.5. The van der Waals surface area contributed by atoms with E-state index in [4.69, 9.17) is 11.6 Å². The van der Waals surface area contributed by atoms with Crippen molar-refractivity contribution in [2.75, 3.05) is 6.54 Å². The topological polar surface area (TPSA) is 51.1 Å². The molecule has 4 rings (SSSR count). The van der Waals surface area contributed by atoms with E-state index in [1.165, 1.54) is 5.56 Å². The second kappa shape index (κ2) is 8.97. The number of rotatable bonds is 7. The Kier molecular flexibility index (Phi) is 5.96. The summed E-state index contributed by atoms with van der Waals surface area (Å²) in [4.78, 5) is 25.5. The maximum atomic E-state index is 13.0. The van der Waals surface area contributed by atoms with Crippen molar-refractivity contribution >= 4 is 34.2 Å². The van der Waals surface area contributed by atoms with Crippen LogP contribution in [0.4, 0.5) is 0 Å². The molecule has 1 amide bonds. The van der Waals surface area contributed by atoms with E-state index in [0.717, 1.165) is 17.3 Å². The van der Waals surface area contributed by atoms with E-state index in [0.29, 0.717) is 22.7 Å². The van der Waals surface area contributed by atoms with Gasteiger partial charge in [-0.3, -0.25) is 9.59 Å². The molecule has 0 aliphatic rings. The molecule has 1 N–H and O–H groups in total. The predicted molar refractivity (Wildman–Crippen MR) is 120 cm³/mol. The van der Waals surface area contributed by atoms with Gasteiger partial charge in [0.25, 0.3) is 0 Å². The Bertz CT molecular complexity index is 1180. The van der Waals surface area contributed by atoms with Gasteiger partial charge in [-0.1, -0.05) is 60.1 Å². The van der Waals surface area contributed by atoms with Crippen LogP contribution < -0.4 is 5.32 Å². The summed E-state index contributed by atoms with van der Waals surface area (Å²) in [7, 11) is 0. The molecule has 5 heteroatoms. The maximum Gasteiger partial charge on any atom is 0.239 e. The highest BCUT2D eigenvalue weighted by molar-refractivity contribution is 6.30. The first-order valence-corrected chi connectivity index (χ1v) is 10.2. The molecule has 0 unspecified atom stereocenters. The van der Waals surface area contributed by atoms with Crippen LogP contribution >= 0.6 is 11.6 Å². The van der Waals surface area contributed by atoms with Gasteiger partial charge < -0.3 is 9.88 Å². The fraction of sp³-hybridized carbons (Fsp3) is 0.120. The van der Waals surface area contributed by atoms with Crippen LogP contribution in [-0.2, 0) is 17.8 Å². The van der Waals surface area contributed by atoms with Gasteiger partial charge in [0.1, 0.15) is 6.54 Å². The zero-order valence-corrected chi connectivity index (χ0v) is 17.1. The highest BCUT2D eigenvalue weighted by Crippen LogP contribution is 2.24. The molecule has 0 saturated heterocycles. The van der Waals surface area contributed by atoms with Crippen molar-refractivity contribution in [1.29, 1.82) is 0 Å². The molecule has 3 aromatic carbocycles. The van der Waals surface area contributed by atoms with Gasteiger partial charge >= 0.3 is 0 Å². The average Bonchev–Trinajstić information content (AvgIpc) is 3.13. The molecule has 1 heterocycles. The normalized spacial score (nSPS) is 10.8. The first-order chi connectivity index (χ1) is 14.6. The number of aromatic nitrogens is 1. The number of carbonyl (C=O) groups excluding carboxylic acids is 2. The van der Waals surface area contributed by atoms with Crippen molar-refractivity contribution in [2.24, 2.45) is 0 Å². The van der Waals surface area contributed by atoms with Crippen molar-refractivity contribution in [2.45, 2.75) is 13.0 Å². The molecule has 0 aliphatic carbocycles. The molecule has 0 saturated carbocycles. The molecule has 0 aliphatic heterocycles. The Balaban J connectivity index is 1.51. The van der Waals surface area contributed by atoms with Gasteiger partial charge in [-0.25, -0.2) is 0 Å². The number of nitrogens with zero attached hydrogens (tertiary/aromatic N) is 1. The molecule has 0 spiro atoms. The van der Waals surface area contributed by atoms with Crippen LogP contribution in [0.1, 0.15) is 21.5 Å². The Morgan fingerprint density at radius 1 is 0.867 bits per heavy atom. The first-order valence-electron chi connectivity index (χ1n) is 9.80. The first kappa shape index (κ1) is 19.9. The number of hydrogen-bond acceptors (Lipinski definition) is 2. The number of benzene rings is 3. The third-order valence-corrected chi connectivity index (χ3v) is 5.28. The minimum Gasteiger partial charge on any atom is -0.354 e. The van der Waals surface area contributed by atoms with Crippen LogP contribution in [0.2, 0.25) is 5.02 Å². The largest absolute Gasteiger partial charge is 0.354 e. The van der Waals surface area contributed by atoms with Crippen molar-refractivity contribution in [3.05, 3.63) is 107 Å². The number of nitrogens with one attached hydrogen (secondary N) is 1. The SMILES string of the molecule is O=C(Cn1cc(C(=O)c2ccc(Cl)cc2)c2ccccc21)NCCc1ccccc1. The van der Waals surface area contributed by atoms with Crippen LogP contribution in [0, 0.1) is 0 Å². The van der Waals surface area contributed by atoms with E-state index in [2.05, 4.69) is 5.32 Å². The third kappa shape index (κ3) is 4.44. The minimum absolute atomic E-state index is 0.0859. The molecule has 30 heavy (non-hydrogen) atoms. The lowest BCUT2D eigenvalue weighted by Crippen LogP contribution is -2.29. The van der Waals surface area contributed by atoms with Crippen LogP contribution in [0.15, 0.2) is 85.1 Å². The van der Waals surface area contributed by atoms with Crippen LogP contribution in [-0.4, -0.2) is 22.8 Å². The standard InChI is InChI=1S/C25H21ClN2O2/c26-20-12-10-19(11-13-20)25(30)22-16-28(23-9-5-4-8-21(22)23)17-24(29)27-15-14-18-6-2-1-3-7-18/h1-13,16H,14-15,17H2,(H,27,29). The number of halogens is 1. The summed E-state index contributed by atoms with van der Waals surface area (Å²) in [5.74, 6) is -0.178. The number of amides is 1.